The van der Waals surface area contributed by atoms with Gasteiger partial charge >= 0.3 is 0 Å². The van der Waals surface area contributed by atoms with E-state index in [0.29, 0.717) is 11.0 Å². The summed E-state index contributed by atoms with van der Waals surface area (Å²) < 4.78 is 37.0. The van der Waals surface area contributed by atoms with Crippen LogP contribution in [0.4, 0.5) is 4.39 Å². The van der Waals surface area contributed by atoms with Crippen molar-refractivity contribution in [1.29, 1.82) is 0 Å². The minimum atomic E-state index is -3.05. The number of nitrogens with one attached hydrogen (secondary N) is 1. The van der Waals surface area contributed by atoms with Crippen molar-refractivity contribution in [3.05, 3.63) is 34.1 Å². The summed E-state index contributed by atoms with van der Waals surface area (Å²) in [7, 11) is -3.05. The molecule has 0 aromatic heterocycles. The van der Waals surface area contributed by atoms with Gasteiger partial charge in [0.05, 0.1) is 15.5 Å². The topological polar surface area (TPSA) is 46.2 Å². The van der Waals surface area contributed by atoms with Gasteiger partial charge in [-0.15, -0.1) is 0 Å². The molecule has 1 aromatic carbocycles. The maximum Gasteiger partial charge on any atom is 0.156 e. The molecule has 0 amide bonds. The first-order valence-electron chi connectivity index (χ1n) is 5.30. The molecule has 1 N–H and O–H groups in total. The first kappa shape index (κ1) is 13.0. The van der Waals surface area contributed by atoms with Crippen molar-refractivity contribution in [3.8, 4) is 0 Å². The van der Waals surface area contributed by atoms with Crippen molar-refractivity contribution < 1.29 is 12.8 Å². The summed E-state index contributed by atoms with van der Waals surface area (Å²) >= 11 is 3.10. The molecule has 2 unspecified atom stereocenters. The van der Waals surface area contributed by atoms with Gasteiger partial charge in [0, 0.05) is 12.6 Å². The molecule has 0 saturated carbocycles. The Morgan fingerprint density at radius 3 is 2.76 bits per heavy atom. The summed E-state index contributed by atoms with van der Waals surface area (Å²) in [5.74, 6) is -0.285. The molecule has 2 rings (SSSR count). The smallest absolute Gasteiger partial charge is 0.156 e. The molecule has 0 aliphatic carbocycles. The normalized spacial score (nSPS) is 27.9. The van der Waals surface area contributed by atoms with Crippen molar-refractivity contribution in [2.24, 2.45) is 0 Å². The van der Waals surface area contributed by atoms with E-state index in [2.05, 4.69) is 21.2 Å². The van der Waals surface area contributed by atoms with Crippen LogP contribution < -0.4 is 5.32 Å². The largest absolute Gasteiger partial charge is 0.308 e. The van der Waals surface area contributed by atoms with Crippen LogP contribution in [-0.2, 0) is 9.84 Å². The molecule has 94 valence electrons. The average molecular weight is 322 g/mol. The van der Waals surface area contributed by atoms with E-state index in [4.69, 9.17) is 0 Å². The first-order chi connectivity index (χ1) is 7.90. The van der Waals surface area contributed by atoms with Gasteiger partial charge in [-0.1, -0.05) is 6.07 Å². The number of hydrogen-bond donors (Lipinski definition) is 1. The quantitative estimate of drug-likeness (QED) is 0.861. The minimum absolute atomic E-state index is 0.0617. The van der Waals surface area contributed by atoms with Gasteiger partial charge in [0.1, 0.15) is 5.82 Å². The lowest BCUT2D eigenvalue weighted by atomic mass is 10.1. The minimum Gasteiger partial charge on any atom is -0.308 e. The Labute approximate surface area is 108 Å². The summed E-state index contributed by atoms with van der Waals surface area (Å²) in [6, 6.07) is 4.32. The van der Waals surface area contributed by atoms with Crippen molar-refractivity contribution in [2.45, 2.75) is 18.2 Å². The van der Waals surface area contributed by atoms with Gasteiger partial charge < -0.3 is 5.32 Å². The third-order valence-corrected chi connectivity index (χ3v) is 5.81. The van der Waals surface area contributed by atoms with Gasteiger partial charge in [-0.2, -0.15) is 0 Å². The maximum atomic E-state index is 13.1. The second-order valence-electron chi connectivity index (χ2n) is 4.27. The van der Waals surface area contributed by atoms with E-state index in [1.54, 1.807) is 19.1 Å². The third-order valence-electron chi connectivity index (χ3n) is 3.01. The van der Waals surface area contributed by atoms with E-state index < -0.39 is 9.84 Å². The monoisotopic (exact) mass is 321 g/mol. The molecule has 0 radical (unpaired) electrons. The fourth-order valence-electron chi connectivity index (χ4n) is 1.83. The van der Waals surface area contributed by atoms with Crippen LogP contribution in [0.5, 0.6) is 0 Å². The van der Waals surface area contributed by atoms with Crippen molar-refractivity contribution in [1.82, 2.24) is 5.32 Å². The van der Waals surface area contributed by atoms with Crippen LogP contribution in [0, 0.1) is 5.82 Å². The van der Waals surface area contributed by atoms with E-state index in [-0.39, 0.29) is 22.9 Å². The molecule has 1 saturated heterocycles. The van der Waals surface area contributed by atoms with Crippen LogP contribution in [-0.4, -0.2) is 26.0 Å². The molecule has 1 aliphatic heterocycles. The van der Waals surface area contributed by atoms with E-state index in [9.17, 15) is 12.8 Å². The zero-order chi connectivity index (χ0) is 12.6. The lowest BCUT2D eigenvalue weighted by Gasteiger charge is -2.28. The van der Waals surface area contributed by atoms with Gasteiger partial charge in [-0.05, 0) is 40.5 Å². The Morgan fingerprint density at radius 2 is 2.18 bits per heavy atom. The van der Waals surface area contributed by atoms with Crippen molar-refractivity contribution in [2.75, 3.05) is 12.3 Å². The Hall–Kier alpha value is -0.460. The zero-order valence-electron chi connectivity index (χ0n) is 9.28. The Morgan fingerprint density at radius 1 is 1.47 bits per heavy atom. The molecule has 1 aromatic rings. The van der Waals surface area contributed by atoms with Crippen molar-refractivity contribution in [3.63, 3.8) is 0 Å². The molecule has 2 atom stereocenters. The number of hydrogen-bond acceptors (Lipinski definition) is 3. The van der Waals surface area contributed by atoms with Crippen molar-refractivity contribution >= 4 is 25.8 Å². The third kappa shape index (κ3) is 2.69. The molecule has 0 spiro atoms. The first-order valence-corrected chi connectivity index (χ1v) is 7.81. The second-order valence-corrected chi connectivity index (χ2v) is 7.59. The standard InChI is InChI=1S/C11H13BrFNO2S/c1-7-5-14-11(6-17(7,15)16)8-2-3-10(13)9(12)4-8/h2-4,7,11,14H,5-6H2,1H3. The lowest BCUT2D eigenvalue weighted by molar-refractivity contribution is 0.501. The second kappa shape index (κ2) is 4.66. The lowest BCUT2D eigenvalue weighted by Crippen LogP contribution is -2.44. The molecule has 6 heteroatoms. The highest BCUT2D eigenvalue weighted by Crippen LogP contribution is 2.25. The fraction of sp³-hybridized carbons (Fsp3) is 0.455. The van der Waals surface area contributed by atoms with Gasteiger partial charge in [0.25, 0.3) is 0 Å². The number of benzene rings is 1. The van der Waals surface area contributed by atoms with Gasteiger partial charge in [-0.25, -0.2) is 12.8 Å². The Bertz CT molecular complexity index is 532. The van der Waals surface area contributed by atoms with E-state index in [0.717, 1.165) is 5.56 Å². The zero-order valence-corrected chi connectivity index (χ0v) is 11.7. The average Bonchev–Trinajstić information content (AvgIpc) is 2.26. The number of halogens is 2. The predicted octanol–water partition coefficient (Wildman–Crippen LogP) is 2.04. The van der Waals surface area contributed by atoms with Crippen LogP contribution >= 0.6 is 15.9 Å². The predicted molar refractivity (Wildman–Crippen MR) is 68.1 cm³/mol. The number of rotatable bonds is 1. The molecule has 1 heterocycles. The number of sulfone groups is 1. The molecular weight excluding hydrogens is 309 g/mol. The molecule has 17 heavy (non-hydrogen) atoms. The Balaban J connectivity index is 2.27. The summed E-state index contributed by atoms with van der Waals surface area (Å²) in [5.41, 5.74) is 0.786. The van der Waals surface area contributed by atoms with Gasteiger partial charge in [-0.3, -0.25) is 0 Å². The molecule has 0 bridgehead atoms. The highest BCUT2D eigenvalue weighted by atomic mass is 79.9. The van der Waals surface area contributed by atoms with E-state index in [1.165, 1.54) is 6.07 Å². The van der Waals surface area contributed by atoms with Crippen LogP contribution in [0.1, 0.15) is 18.5 Å². The maximum absolute atomic E-state index is 13.1. The van der Waals surface area contributed by atoms with E-state index >= 15 is 0 Å². The summed E-state index contributed by atoms with van der Waals surface area (Å²) in [5, 5.41) is 2.81. The summed E-state index contributed by atoms with van der Waals surface area (Å²) in [4.78, 5) is 0. The molecule has 1 fully saturated rings. The molecule has 3 nitrogen and oxygen atoms in total. The summed E-state index contributed by atoms with van der Waals surface area (Å²) in [6.45, 7) is 2.13. The molecule has 1 aliphatic rings. The highest BCUT2D eigenvalue weighted by Gasteiger charge is 2.31. The van der Waals surface area contributed by atoms with Crippen LogP contribution in [0.3, 0.4) is 0 Å². The summed E-state index contributed by atoms with van der Waals surface area (Å²) in [6.07, 6.45) is 0. The van der Waals surface area contributed by atoms with Gasteiger partial charge in [0.2, 0.25) is 0 Å². The van der Waals surface area contributed by atoms with Crippen LogP contribution in [0.2, 0.25) is 0 Å². The SMILES string of the molecule is CC1CNC(c2ccc(F)c(Br)c2)CS1(=O)=O. The molecular formula is C11H13BrFNO2S. The van der Waals surface area contributed by atoms with Crippen LogP contribution in [0.25, 0.3) is 0 Å². The Kier molecular flexibility index (Phi) is 3.56. The van der Waals surface area contributed by atoms with Crippen LogP contribution in [0.15, 0.2) is 22.7 Å². The fourth-order valence-corrected chi connectivity index (χ4v) is 3.68. The van der Waals surface area contributed by atoms with E-state index in [1.807, 2.05) is 0 Å². The van der Waals surface area contributed by atoms with Gasteiger partial charge in [0.15, 0.2) is 9.84 Å². The highest BCUT2D eigenvalue weighted by molar-refractivity contribution is 9.10.